The van der Waals surface area contributed by atoms with E-state index in [1.54, 1.807) is 30.5 Å². The lowest BCUT2D eigenvalue weighted by atomic mass is 10.2. The molecule has 0 unspecified atom stereocenters. The van der Waals surface area contributed by atoms with Crippen molar-refractivity contribution in [1.82, 2.24) is 9.97 Å². The summed E-state index contributed by atoms with van der Waals surface area (Å²) < 4.78 is 5.02. The number of carbonyl (C=O) groups is 1. The summed E-state index contributed by atoms with van der Waals surface area (Å²) in [5.41, 5.74) is 1.36. The third kappa shape index (κ3) is 2.22. The third-order valence-electron chi connectivity index (χ3n) is 1.88. The van der Waals surface area contributed by atoms with Gasteiger partial charge >= 0.3 is 12.0 Å². The van der Waals surface area contributed by atoms with Gasteiger partial charge in [0.1, 0.15) is 0 Å². The summed E-state index contributed by atoms with van der Waals surface area (Å²) in [5.74, 6) is -0.412. The van der Waals surface area contributed by atoms with Crippen molar-refractivity contribution in [2.24, 2.45) is 0 Å². The summed E-state index contributed by atoms with van der Waals surface area (Å²) in [6.07, 6.45) is 1.60. The molecule has 0 aliphatic heterocycles. The number of carbonyl (C=O) groups excluding carboxylic acids is 1. The molecule has 0 amide bonds. The molecule has 4 nitrogen and oxygen atoms in total. The van der Waals surface area contributed by atoms with Crippen LogP contribution in [0.3, 0.4) is 0 Å². The van der Waals surface area contributed by atoms with Crippen molar-refractivity contribution < 1.29 is 9.53 Å². The van der Waals surface area contributed by atoms with E-state index < -0.39 is 5.97 Å². The second-order valence-electron chi connectivity index (χ2n) is 3.13. The molecule has 0 radical (unpaired) electrons. The van der Waals surface area contributed by atoms with Gasteiger partial charge in [0, 0.05) is 5.69 Å². The number of hydrogen-bond acceptors (Lipinski definition) is 3. The normalized spacial score (nSPS) is 9.93. The van der Waals surface area contributed by atoms with Crippen LogP contribution in [0, 0.1) is 6.92 Å². The Balaban J connectivity index is 2.11. The van der Waals surface area contributed by atoms with Crippen LogP contribution in [0.5, 0.6) is 6.01 Å². The molecule has 0 aliphatic carbocycles. The highest BCUT2D eigenvalue weighted by Gasteiger charge is 2.09. The monoisotopic (exact) mass is 202 g/mol. The smallest absolute Gasteiger partial charge is 0.345 e. The topological polar surface area (TPSA) is 55.0 Å². The molecule has 0 saturated heterocycles. The van der Waals surface area contributed by atoms with Gasteiger partial charge in [0.15, 0.2) is 0 Å². The van der Waals surface area contributed by atoms with Crippen molar-refractivity contribution in [3.63, 3.8) is 0 Å². The summed E-state index contributed by atoms with van der Waals surface area (Å²) in [6.45, 7) is 1.84. The fourth-order valence-electron chi connectivity index (χ4n) is 1.16. The van der Waals surface area contributed by atoms with Crippen LogP contribution in [-0.2, 0) is 0 Å². The first kappa shape index (κ1) is 9.45. The second-order valence-corrected chi connectivity index (χ2v) is 3.13. The predicted octanol–water partition coefficient (Wildman–Crippen LogP) is 1.94. The Morgan fingerprint density at radius 2 is 2.07 bits per heavy atom. The van der Waals surface area contributed by atoms with E-state index in [0.717, 1.165) is 5.69 Å². The van der Waals surface area contributed by atoms with Crippen molar-refractivity contribution in [3.8, 4) is 6.01 Å². The van der Waals surface area contributed by atoms with Crippen molar-refractivity contribution >= 4 is 5.97 Å². The van der Waals surface area contributed by atoms with Crippen LogP contribution in [0.2, 0.25) is 0 Å². The molecule has 0 spiro atoms. The molecule has 1 N–H and O–H groups in total. The molecule has 15 heavy (non-hydrogen) atoms. The Morgan fingerprint density at radius 1 is 1.33 bits per heavy atom. The average Bonchev–Trinajstić information content (AvgIpc) is 2.65. The number of aryl methyl sites for hydroxylation is 1. The highest BCUT2D eigenvalue weighted by Crippen LogP contribution is 2.07. The van der Waals surface area contributed by atoms with Crippen molar-refractivity contribution in [2.75, 3.05) is 0 Å². The van der Waals surface area contributed by atoms with Gasteiger partial charge in [-0.25, -0.2) is 9.78 Å². The molecule has 0 fully saturated rings. The maximum atomic E-state index is 11.5. The van der Waals surface area contributed by atoms with Gasteiger partial charge in [-0.2, -0.15) is 0 Å². The highest BCUT2D eigenvalue weighted by atomic mass is 16.5. The van der Waals surface area contributed by atoms with E-state index in [1.807, 2.05) is 13.0 Å². The summed E-state index contributed by atoms with van der Waals surface area (Å²) in [4.78, 5) is 18.2. The summed E-state index contributed by atoms with van der Waals surface area (Å²) in [6, 6.07) is 9.01. The zero-order valence-corrected chi connectivity index (χ0v) is 8.23. The van der Waals surface area contributed by atoms with E-state index in [2.05, 4.69) is 9.97 Å². The highest BCUT2D eigenvalue weighted by molar-refractivity contribution is 5.90. The molecule has 1 aromatic heterocycles. The summed E-state index contributed by atoms with van der Waals surface area (Å²) in [7, 11) is 0. The first-order chi connectivity index (χ1) is 7.25. The van der Waals surface area contributed by atoms with Crippen LogP contribution >= 0.6 is 0 Å². The Kier molecular flexibility index (Phi) is 2.49. The van der Waals surface area contributed by atoms with E-state index in [9.17, 15) is 4.79 Å². The molecule has 76 valence electrons. The van der Waals surface area contributed by atoms with Gasteiger partial charge in [-0.15, -0.1) is 0 Å². The van der Waals surface area contributed by atoms with E-state index in [4.69, 9.17) is 4.74 Å². The number of hydrogen-bond donors (Lipinski definition) is 1. The maximum Gasteiger partial charge on any atom is 0.345 e. The first-order valence-electron chi connectivity index (χ1n) is 4.54. The summed E-state index contributed by atoms with van der Waals surface area (Å²) in [5, 5.41) is 0. The Morgan fingerprint density at radius 3 is 2.67 bits per heavy atom. The minimum Gasteiger partial charge on any atom is -0.388 e. The molecule has 1 heterocycles. The van der Waals surface area contributed by atoms with E-state index in [1.165, 1.54) is 0 Å². The van der Waals surface area contributed by atoms with Gasteiger partial charge in [-0.1, -0.05) is 18.2 Å². The number of aromatic amines is 1. The van der Waals surface area contributed by atoms with E-state index in [-0.39, 0.29) is 6.01 Å². The number of imidazole rings is 1. The minimum absolute atomic E-state index is 0.223. The van der Waals surface area contributed by atoms with E-state index >= 15 is 0 Å². The van der Waals surface area contributed by atoms with Crippen LogP contribution < -0.4 is 4.74 Å². The predicted molar refractivity (Wildman–Crippen MR) is 54.7 cm³/mol. The lowest BCUT2D eigenvalue weighted by molar-refractivity contribution is 0.0721. The van der Waals surface area contributed by atoms with Crippen LogP contribution in [0.4, 0.5) is 0 Å². The van der Waals surface area contributed by atoms with Gasteiger partial charge in [0.2, 0.25) is 0 Å². The molecule has 1 aromatic carbocycles. The molecule has 2 rings (SSSR count). The zero-order valence-electron chi connectivity index (χ0n) is 8.23. The number of benzene rings is 1. The standard InChI is InChI=1S/C11H10N2O2/c1-8-7-12-11(13-8)15-10(14)9-5-3-2-4-6-9/h2-7H,1H3,(H,12,13). The lowest BCUT2D eigenvalue weighted by Crippen LogP contribution is -2.08. The fourth-order valence-corrected chi connectivity index (χ4v) is 1.16. The Bertz CT molecular complexity index is 462. The van der Waals surface area contributed by atoms with E-state index in [0.29, 0.717) is 5.56 Å². The minimum atomic E-state index is -0.412. The third-order valence-corrected chi connectivity index (χ3v) is 1.88. The Labute approximate surface area is 86.9 Å². The molecular formula is C11H10N2O2. The molecule has 0 bridgehead atoms. The molecule has 0 atom stereocenters. The van der Waals surface area contributed by atoms with Crippen LogP contribution in [-0.4, -0.2) is 15.9 Å². The largest absolute Gasteiger partial charge is 0.388 e. The summed E-state index contributed by atoms with van der Waals surface area (Å²) >= 11 is 0. The van der Waals surface area contributed by atoms with Gasteiger partial charge in [0.05, 0.1) is 11.8 Å². The number of nitrogens with one attached hydrogen (secondary N) is 1. The quantitative estimate of drug-likeness (QED) is 0.757. The number of rotatable bonds is 2. The van der Waals surface area contributed by atoms with Crippen LogP contribution in [0.1, 0.15) is 16.1 Å². The molecular weight excluding hydrogens is 192 g/mol. The van der Waals surface area contributed by atoms with Gasteiger partial charge in [-0.05, 0) is 19.1 Å². The van der Waals surface area contributed by atoms with Gasteiger partial charge in [0.25, 0.3) is 0 Å². The molecule has 4 heteroatoms. The van der Waals surface area contributed by atoms with Crippen molar-refractivity contribution in [3.05, 3.63) is 47.8 Å². The van der Waals surface area contributed by atoms with Gasteiger partial charge < -0.3 is 9.72 Å². The lowest BCUT2D eigenvalue weighted by Gasteiger charge is -1.99. The van der Waals surface area contributed by atoms with Crippen LogP contribution in [0.15, 0.2) is 36.5 Å². The number of esters is 1. The second kappa shape index (κ2) is 3.96. The Hall–Kier alpha value is -2.10. The number of nitrogens with zero attached hydrogens (tertiary/aromatic N) is 1. The van der Waals surface area contributed by atoms with Crippen molar-refractivity contribution in [1.29, 1.82) is 0 Å². The number of aromatic nitrogens is 2. The molecule has 0 saturated carbocycles. The maximum absolute atomic E-state index is 11.5. The van der Waals surface area contributed by atoms with Gasteiger partial charge in [-0.3, -0.25) is 0 Å². The molecule has 0 aliphatic rings. The number of ether oxygens (including phenoxy) is 1. The first-order valence-corrected chi connectivity index (χ1v) is 4.54. The van der Waals surface area contributed by atoms with Crippen molar-refractivity contribution in [2.45, 2.75) is 6.92 Å². The number of H-pyrrole nitrogens is 1. The molecule has 2 aromatic rings. The zero-order chi connectivity index (χ0) is 10.7. The average molecular weight is 202 g/mol. The SMILES string of the molecule is Cc1cnc(OC(=O)c2ccccc2)[nH]1. The fraction of sp³-hybridized carbons (Fsp3) is 0.0909. The van der Waals surface area contributed by atoms with Crippen LogP contribution in [0.25, 0.3) is 0 Å².